The Morgan fingerprint density at radius 1 is 1.12 bits per heavy atom. The number of carboxylic acids is 2. The zero-order valence-corrected chi connectivity index (χ0v) is 9.01. The Hall–Kier alpha value is -1.84. The molecule has 2 aliphatic carbocycles. The summed E-state index contributed by atoms with van der Waals surface area (Å²) >= 11 is 0. The molecule has 88 valence electrons. The van der Waals surface area contributed by atoms with Crippen LogP contribution in [0.1, 0.15) is 24.3 Å². The van der Waals surface area contributed by atoms with Crippen molar-refractivity contribution in [3.8, 4) is 0 Å². The maximum atomic E-state index is 11.0. The minimum Gasteiger partial charge on any atom is -0.549 e. The molecule has 17 heavy (non-hydrogen) atoms. The summed E-state index contributed by atoms with van der Waals surface area (Å²) in [4.78, 5) is 22.1. The quantitative estimate of drug-likeness (QED) is 0.627. The van der Waals surface area contributed by atoms with Gasteiger partial charge in [0.1, 0.15) is 0 Å². The van der Waals surface area contributed by atoms with Gasteiger partial charge in [-0.15, -0.1) is 0 Å². The largest absolute Gasteiger partial charge is 0.549 e. The Bertz CT molecular complexity index is 493. The highest BCUT2D eigenvalue weighted by Gasteiger charge is 2.81. The smallest absolute Gasteiger partial charge is 0.0563 e. The molecule has 0 aromatic heterocycles. The molecular weight excluding hydrogens is 220 g/mol. The van der Waals surface area contributed by atoms with Gasteiger partial charge in [-0.05, 0) is 29.7 Å². The average Bonchev–Trinajstić information content (AvgIpc) is 3.18. The standard InChI is InChI=1S/C13H12O4/c14-10(15)13(11(16)17)7-12(13)6-9(12)8-4-2-1-3-5-8/h1-5,9H,6-7H2,(H,14,15)(H,16,17)/p-2/t9-,12+/m1/s1. The van der Waals surface area contributed by atoms with Crippen molar-refractivity contribution in [1.29, 1.82) is 0 Å². The summed E-state index contributed by atoms with van der Waals surface area (Å²) in [5.41, 5.74) is -1.41. The molecular formula is C13H10O4-2. The fourth-order valence-electron chi connectivity index (χ4n) is 3.16. The first-order chi connectivity index (χ1) is 8.04. The van der Waals surface area contributed by atoms with Crippen LogP contribution >= 0.6 is 0 Å². The third-order valence-electron chi connectivity index (χ3n) is 4.28. The number of hydrogen-bond acceptors (Lipinski definition) is 4. The van der Waals surface area contributed by atoms with Crippen molar-refractivity contribution in [2.45, 2.75) is 18.8 Å². The van der Waals surface area contributed by atoms with Crippen LogP contribution in [0.4, 0.5) is 0 Å². The molecule has 0 N–H and O–H groups in total. The lowest BCUT2D eigenvalue weighted by Gasteiger charge is -2.19. The van der Waals surface area contributed by atoms with Crippen molar-refractivity contribution in [1.82, 2.24) is 0 Å². The highest BCUT2D eigenvalue weighted by Crippen LogP contribution is 2.84. The van der Waals surface area contributed by atoms with E-state index in [1.807, 2.05) is 30.3 Å². The number of carbonyl (C=O) groups excluding carboxylic acids is 2. The van der Waals surface area contributed by atoms with Gasteiger partial charge in [0.15, 0.2) is 0 Å². The minimum absolute atomic E-state index is 0.0134. The maximum absolute atomic E-state index is 11.0. The fourth-order valence-corrected chi connectivity index (χ4v) is 3.16. The number of rotatable bonds is 3. The van der Waals surface area contributed by atoms with Gasteiger partial charge >= 0.3 is 0 Å². The van der Waals surface area contributed by atoms with Crippen molar-refractivity contribution in [2.24, 2.45) is 10.8 Å². The van der Waals surface area contributed by atoms with Crippen LogP contribution in [0, 0.1) is 10.8 Å². The summed E-state index contributed by atoms with van der Waals surface area (Å²) in [6.07, 6.45) is 0.739. The van der Waals surface area contributed by atoms with Gasteiger partial charge in [0.2, 0.25) is 0 Å². The molecule has 2 saturated carbocycles. The fraction of sp³-hybridized carbons (Fsp3) is 0.385. The summed E-state index contributed by atoms with van der Waals surface area (Å²) in [5, 5.41) is 22.1. The maximum Gasteiger partial charge on any atom is 0.0563 e. The zero-order chi connectivity index (χ0) is 12.3. The van der Waals surface area contributed by atoms with Gasteiger partial charge in [-0.2, -0.15) is 0 Å². The zero-order valence-electron chi connectivity index (χ0n) is 9.01. The normalized spacial score (nSPS) is 32.1. The SMILES string of the molecule is O=C([O-])C1(C(=O)[O-])C[C@]12C[C@@H]2c1ccccc1. The van der Waals surface area contributed by atoms with Crippen molar-refractivity contribution in [3.05, 3.63) is 35.9 Å². The monoisotopic (exact) mass is 230 g/mol. The molecule has 0 heterocycles. The van der Waals surface area contributed by atoms with E-state index in [4.69, 9.17) is 0 Å². The molecule has 2 aliphatic rings. The van der Waals surface area contributed by atoms with Crippen LogP contribution < -0.4 is 10.2 Å². The van der Waals surface area contributed by atoms with Crippen LogP contribution in [-0.4, -0.2) is 11.9 Å². The third kappa shape index (κ3) is 1.07. The highest BCUT2D eigenvalue weighted by molar-refractivity contribution is 6.03. The molecule has 0 radical (unpaired) electrons. The topological polar surface area (TPSA) is 80.3 Å². The average molecular weight is 230 g/mol. The first-order valence-electron chi connectivity index (χ1n) is 5.52. The van der Waals surface area contributed by atoms with E-state index >= 15 is 0 Å². The Morgan fingerprint density at radius 3 is 2.18 bits per heavy atom. The first kappa shape index (κ1) is 10.3. The van der Waals surface area contributed by atoms with Gasteiger partial charge in [-0.3, -0.25) is 0 Å². The predicted octanol–water partition coefficient (Wildman–Crippen LogP) is -0.950. The van der Waals surface area contributed by atoms with E-state index < -0.39 is 22.8 Å². The van der Waals surface area contributed by atoms with Crippen LogP contribution in [0.5, 0.6) is 0 Å². The number of benzene rings is 1. The second-order valence-electron chi connectivity index (χ2n) is 4.98. The molecule has 1 aromatic carbocycles. The second-order valence-corrected chi connectivity index (χ2v) is 4.98. The lowest BCUT2D eigenvalue weighted by molar-refractivity contribution is -0.336. The molecule has 0 aliphatic heterocycles. The van der Waals surface area contributed by atoms with E-state index in [-0.39, 0.29) is 12.3 Å². The van der Waals surface area contributed by atoms with Gasteiger partial charge in [-0.25, -0.2) is 0 Å². The van der Waals surface area contributed by atoms with Crippen molar-refractivity contribution < 1.29 is 19.8 Å². The van der Waals surface area contributed by atoms with Crippen LogP contribution in [-0.2, 0) is 9.59 Å². The molecule has 0 bridgehead atoms. The molecule has 0 amide bonds. The Balaban J connectivity index is 1.91. The lowest BCUT2D eigenvalue weighted by Crippen LogP contribution is -2.47. The van der Waals surface area contributed by atoms with Gasteiger partial charge < -0.3 is 19.8 Å². The Labute approximate surface area is 97.9 Å². The van der Waals surface area contributed by atoms with Gasteiger partial charge in [0, 0.05) is 0 Å². The van der Waals surface area contributed by atoms with Crippen LogP contribution in [0.25, 0.3) is 0 Å². The molecule has 1 spiro atoms. The molecule has 0 unspecified atom stereocenters. The van der Waals surface area contributed by atoms with Gasteiger partial charge in [-0.1, -0.05) is 30.3 Å². The Kier molecular flexibility index (Phi) is 1.75. The third-order valence-corrected chi connectivity index (χ3v) is 4.28. The minimum atomic E-state index is -1.76. The van der Waals surface area contributed by atoms with E-state index in [2.05, 4.69) is 0 Å². The van der Waals surface area contributed by atoms with E-state index in [1.54, 1.807) is 0 Å². The van der Waals surface area contributed by atoms with Gasteiger partial charge in [0.25, 0.3) is 0 Å². The van der Waals surface area contributed by atoms with Gasteiger partial charge in [0.05, 0.1) is 17.4 Å². The first-order valence-corrected chi connectivity index (χ1v) is 5.52. The molecule has 2 fully saturated rings. The van der Waals surface area contributed by atoms with Crippen molar-refractivity contribution in [3.63, 3.8) is 0 Å². The molecule has 2 atom stereocenters. The summed E-state index contributed by atoms with van der Waals surface area (Å²) in [7, 11) is 0. The predicted molar refractivity (Wildman–Crippen MR) is 53.3 cm³/mol. The number of carbonyl (C=O) groups is 2. The Morgan fingerprint density at radius 2 is 1.71 bits per heavy atom. The molecule has 0 saturated heterocycles. The second kappa shape index (κ2) is 2.88. The summed E-state index contributed by atoms with van der Waals surface area (Å²) in [6, 6.07) is 9.39. The van der Waals surface area contributed by atoms with Crippen molar-refractivity contribution >= 4 is 11.9 Å². The van der Waals surface area contributed by atoms with Crippen LogP contribution in [0.15, 0.2) is 30.3 Å². The van der Waals surface area contributed by atoms with Crippen molar-refractivity contribution in [2.75, 3.05) is 0 Å². The highest BCUT2D eigenvalue weighted by atomic mass is 16.4. The van der Waals surface area contributed by atoms with Crippen LogP contribution in [0.2, 0.25) is 0 Å². The van der Waals surface area contributed by atoms with E-state index in [1.165, 1.54) is 0 Å². The lowest BCUT2D eigenvalue weighted by atomic mass is 9.99. The van der Waals surface area contributed by atoms with E-state index in [0.29, 0.717) is 6.42 Å². The number of carboxylic acid groups (broad SMARTS) is 2. The summed E-state index contributed by atoms with van der Waals surface area (Å²) in [6.45, 7) is 0. The number of hydrogen-bond donors (Lipinski definition) is 0. The molecule has 4 nitrogen and oxygen atoms in total. The molecule has 1 aromatic rings. The summed E-state index contributed by atoms with van der Waals surface area (Å²) < 4.78 is 0. The molecule has 3 rings (SSSR count). The number of aliphatic carboxylic acids is 2. The van der Waals surface area contributed by atoms with E-state index in [0.717, 1.165) is 5.56 Å². The van der Waals surface area contributed by atoms with Crippen LogP contribution in [0.3, 0.4) is 0 Å². The molecule has 4 heteroatoms. The summed E-state index contributed by atoms with van der Waals surface area (Å²) in [5.74, 6) is -2.99. The van der Waals surface area contributed by atoms with E-state index in [9.17, 15) is 19.8 Å².